The van der Waals surface area contributed by atoms with Gasteiger partial charge >= 0.3 is 0 Å². The van der Waals surface area contributed by atoms with E-state index in [1.165, 1.54) is 24.3 Å². The molecule has 5 heteroatoms. The summed E-state index contributed by atoms with van der Waals surface area (Å²) < 4.78 is 5.99. The maximum absolute atomic E-state index is 13.2. The SMILES string of the molecule is CC[C@H](C)c1cc(=O)c2c(C)cc3c(c2o1)C(=O)c1c(O)cccc1C3=O. The predicted octanol–water partition coefficient (Wildman–Crippen LogP) is 4.10. The molecule has 1 heterocycles. The second-order valence-electron chi connectivity index (χ2n) is 7.00. The van der Waals surface area contributed by atoms with Crippen LogP contribution in [0.5, 0.6) is 5.75 Å². The van der Waals surface area contributed by atoms with Crippen LogP contribution in [0.3, 0.4) is 0 Å². The molecule has 136 valence electrons. The van der Waals surface area contributed by atoms with Gasteiger partial charge < -0.3 is 9.52 Å². The predicted molar refractivity (Wildman–Crippen MR) is 101 cm³/mol. The average Bonchev–Trinajstić information content (AvgIpc) is 2.64. The first-order valence-electron chi connectivity index (χ1n) is 8.87. The zero-order valence-corrected chi connectivity index (χ0v) is 15.3. The fraction of sp³-hybridized carbons (Fsp3) is 0.227. The highest BCUT2D eigenvalue weighted by molar-refractivity contribution is 6.32. The van der Waals surface area contributed by atoms with E-state index in [2.05, 4.69) is 0 Å². The molecule has 1 N–H and O–H groups in total. The molecule has 0 unspecified atom stereocenters. The minimum Gasteiger partial charge on any atom is -0.507 e. The van der Waals surface area contributed by atoms with Gasteiger partial charge in [-0.15, -0.1) is 0 Å². The van der Waals surface area contributed by atoms with E-state index in [-0.39, 0.29) is 50.7 Å². The van der Waals surface area contributed by atoms with Gasteiger partial charge in [0.1, 0.15) is 17.1 Å². The third-order valence-electron chi connectivity index (χ3n) is 5.30. The van der Waals surface area contributed by atoms with Crippen molar-refractivity contribution in [1.29, 1.82) is 0 Å². The largest absolute Gasteiger partial charge is 0.507 e. The number of fused-ring (bicyclic) bond motifs is 4. The highest BCUT2D eigenvalue weighted by Gasteiger charge is 2.35. The molecular formula is C22H18O5. The maximum atomic E-state index is 13.2. The number of carbonyl (C=O) groups excluding carboxylic acids is 2. The first-order chi connectivity index (χ1) is 12.8. The summed E-state index contributed by atoms with van der Waals surface area (Å²) in [7, 11) is 0. The Morgan fingerprint density at radius 1 is 1.04 bits per heavy atom. The van der Waals surface area contributed by atoms with Crippen molar-refractivity contribution in [3.8, 4) is 5.75 Å². The summed E-state index contributed by atoms with van der Waals surface area (Å²) in [5.41, 5.74) is 0.834. The van der Waals surface area contributed by atoms with Crippen molar-refractivity contribution in [2.24, 2.45) is 0 Å². The second kappa shape index (κ2) is 5.91. The fourth-order valence-electron chi connectivity index (χ4n) is 3.63. The van der Waals surface area contributed by atoms with Crippen LogP contribution in [-0.4, -0.2) is 16.7 Å². The quantitative estimate of drug-likeness (QED) is 0.580. The molecule has 27 heavy (non-hydrogen) atoms. The summed E-state index contributed by atoms with van der Waals surface area (Å²) in [4.78, 5) is 38.9. The third kappa shape index (κ3) is 2.35. The lowest BCUT2D eigenvalue weighted by molar-refractivity contribution is 0.0977. The van der Waals surface area contributed by atoms with Crippen LogP contribution in [0, 0.1) is 6.92 Å². The molecule has 0 saturated carbocycles. The van der Waals surface area contributed by atoms with Gasteiger partial charge in [-0.05, 0) is 31.0 Å². The van der Waals surface area contributed by atoms with Crippen molar-refractivity contribution in [2.75, 3.05) is 0 Å². The van der Waals surface area contributed by atoms with Crippen molar-refractivity contribution in [2.45, 2.75) is 33.1 Å². The molecule has 0 radical (unpaired) electrons. The van der Waals surface area contributed by atoms with Gasteiger partial charge in [0.25, 0.3) is 0 Å². The normalized spacial score (nSPS) is 14.2. The van der Waals surface area contributed by atoms with E-state index in [0.717, 1.165) is 6.42 Å². The van der Waals surface area contributed by atoms with Crippen LogP contribution in [0.1, 0.15) is 69.4 Å². The molecule has 5 nitrogen and oxygen atoms in total. The zero-order chi connectivity index (χ0) is 19.5. The van der Waals surface area contributed by atoms with Gasteiger partial charge in [-0.2, -0.15) is 0 Å². The lowest BCUT2D eigenvalue weighted by Gasteiger charge is -2.20. The second-order valence-corrected chi connectivity index (χ2v) is 7.00. The first kappa shape index (κ1) is 17.2. The van der Waals surface area contributed by atoms with Crippen molar-refractivity contribution < 1.29 is 19.1 Å². The van der Waals surface area contributed by atoms with Gasteiger partial charge in [-0.1, -0.05) is 26.0 Å². The molecule has 0 fully saturated rings. The van der Waals surface area contributed by atoms with Gasteiger partial charge in [-0.25, -0.2) is 0 Å². The number of ketones is 2. The minimum atomic E-state index is -0.507. The Labute approximate surface area is 155 Å². The van der Waals surface area contributed by atoms with Crippen LogP contribution >= 0.6 is 0 Å². The number of hydrogen-bond acceptors (Lipinski definition) is 5. The molecule has 1 aliphatic carbocycles. The molecule has 0 aliphatic heterocycles. The van der Waals surface area contributed by atoms with Crippen LogP contribution in [0.2, 0.25) is 0 Å². The van der Waals surface area contributed by atoms with Crippen molar-refractivity contribution in [3.63, 3.8) is 0 Å². The molecular weight excluding hydrogens is 344 g/mol. The molecule has 0 amide bonds. The molecule has 1 atom stereocenters. The molecule has 1 aromatic heterocycles. The van der Waals surface area contributed by atoms with E-state index < -0.39 is 5.78 Å². The monoisotopic (exact) mass is 362 g/mol. The standard InChI is InChI=1S/C22H18O5/c1-4-10(2)16-9-15(24)17-11(3)8-13-19(22(17)27-16)21(26)18-12(20(13)25)6-5-7-14(18)23/h5-10,23H,4H2,1-3H3/t10-/m0/s1. The maximum Gasteiger partial charge on any atom is 0.202 e. The van der Waals surface area contributed by atoms with Gasteiger partial charge in [0.2, 0.25) is 5.78 Å². The molecule has 0 bridgehead atoms. The lowest BCUT2D eigenvalue weighted by atomic mass is 9.81. The van der Waals surface area contributed by atoms with E-state index in [4.69, 9.17) is 4.42 Å². The van der Waals surface area contributed by atoms with Crippen LogP contribution in [0.25, 0.3) is 11.0 Å². The number of aryl methyl sites for hydroxylation is 1. The number of aromatic hydroxyl groups is 1. The molecule has 1 aliphatic rings. The average molecular weight is 362 g/mol. The Bertz CT molecular complexity index is 1200. The number of rotatable bonds is 2. The van der Waals surface area contributed by atoms with Crippen molar-refractivity contribution in [3.05, 3.63) is 74.1 Å². The number of phenols is 1. The van der Waals surface area contributed by atoms with Gasteiger partial charge in [0.05, 0.1) is 16.5 Å². The Hall–Kier alpha value is -3.21. The Balaban J connectivity index is 2.15. The van der Waals surface area contributed by atoms with E-state index in [1.54, 1.807) is 13.0 Å². The van der Waals surface area contributed by atoms with Crippen LogP contribution in [0.4, 0.5) is 0 Å². The highest BCUT2D eigenvalue weighted by Crippen LogP contribution is 2.37. The van der Waals surface area contributed by atoms with Gasteiger partial charge in [0, 0.05) is 23.1 Å². The van der Waals surface area contributed by atoms with Crippen LogP contribution < -0.4 is 5.43 Å². The Kier molecular flexibility index (Phi) is 3.77. The fourth-order valence-corrected chi connectivity index (χ4v) is 3.63. The zero-order valence-electron chi connectivity index (χ0n) is 15.3. The topological polar surface area (TPSA) is 84.6 Å². The minimum absolute atomic E-state index is 0.00616. The van der Waals surface area contributed by atoms with Crippen molar-refractivity contribution >= 4 is 22.5 Å². The molecule has 3 aromatic rings. The molecule has 0 saturated heterocycles. The van der Waals surface area contributed by atoms with Crippen LogP contribution in [0.15, 0.2) is 39.5 Å². The molecule has 0 spiro atoms. The third-order valence-corrected chi connectivity index (χ3v) is 5.30. The van der Waals surface area contributed by atoms with Crippen LogP contribution in [-0.2, 0) is 0 Å². The summed E-state index contributed by atoms with van der Waals surface area (Å²) in [5.74, 6) is -0.658. The Morgan fingerprint density at radius 3 is 2.48 bits per heavy atom. The Morgan fingerprint density at radius 2 is 1.78 bits per heavy atom. The number of phenolic OH excluding ortho intramolecular Hbond substituents is 1. The van der Waals surface area contributed by atoms with E-state index in [0.29, 0.717) is 16.7 Å². The molecule has 4 rings (SSSR count). The van der Waals surface area contributed by atoms with E-state index in [9.17, 15) is 19.5 Å². The van der Waals surface area contributed by atoms with E-state index >= 15 is 0 Å². The summed E-state index contributed by atoms with van der Waals surface area (Å²) in [5, 5.41) is 10.5. The first-order valence-corrected chi connectivity index (χ1v) is 8.87. The summed E-state index contributed by atoms with van der Waals surface area (Å²) in [6, 6.07) is 7.43. The van der Waals surface area contributed by atoms with E-state index in [1.807, 2.05) is 13.8 Å². The highest BCUT2D eigenvalue weighted by atomic mass is 16.3. The van der Waals surface area contributed by atoms with Crippen molar-refractivity contribution in [1.82, 2.24) is 0 Å². The lowest BCUT2D eigenvalue weighted by Crippen LogP contribution is -2.23. The summed E-state index contributed by atoms with van der Waals surface area (Å²) >= 11 is 0. The number of benzene rings is 2. The smallest absolute Gasteiger partial charge is 0.202 e. The van der Waals surface area contributed by atoms with Gasteiger partial charge in [-0.3, -0.25) is 14.4 Å². The molecule has 2 aromatic carbocycles. The summed E-state index contributed by atoms with van der Waals surface area (Å²) in [6.45, 7) is 5.63. The van der Waals surface area contributed by atoms with Gasteiger partial charge in [0.15, 0.2) is 11.2 Å². The number of carbonyl (C=O) groups is 2. The number of hydrogen-bond donors (Lipinski definition) is 1. The summed E-state index contributed by atoms with van der Waals surface area (Å²) in [6.07, 6.45) is 0.763.